The summed E-state index contributed by atoms with van der Waals surface area (Å²) in [5.41, 5.74) is 3.00. The van der Waals surface area contributed by atoms with E-state index in [4.69, 9.17) is 9.47 Å². The number of morpholine rings is 1. The summed E-state index contributed by atoms with van der Waals surface area (Å²) in [7, 11) is 1.88. The molecule has 10 nitrogen and oxygen atoms in total. The molecule has 1 amide bonds. The fraction of sp³-hybridized carbons (Fsp3) is 0.519. The minimum atomic E-state index is 0.242. The molecule has 10 heteroatoms. The molecule has 2 fully saturated rings. The highest BCUT2D eigenvalue weighted by atomic mass is 16.5. The van der Waals surface area contributed by atoms with Crippen LogP contribution in [0.2, 0.25) is 0 Å². The second kappa shape index (κ2) is 13.1. The number of carbonyl (C=O) groups excluding carboxylic acids is 1. The largest absolute Gasteiger partial charge is 0.491 e. The van der Waals surface area contributed by atoms with E-state index in [1.165, 1.54) is 0 Å². The van der Waals surface area contributed by atoms with Gasteiger partial charge in [0.1, 0.15) is 23.7 Å². The molecule has 1 aromatic heterocycles. The molecule has 2 aromatic rings. The Kier molecular flexibility index (Phi) is 9.40. The van der Waals surface area contributed by atoms with Crippen LogP contribution in [0.25, 0.3) is 0 Å². The van der Waals surface area contributed by atoms with Gasteiger partial charge in [0.25, 0.3) is 0 Å². The summed E-state index contributed by atoms with van der Waals surface area (Å²) in [5, 5.41) is 6.73. The quantitative estimate of drug-likeness (QED) is 0.595. The number of anilines is 4. The maximum absolute atomic E-state index is 12.7. The summed E-state index contributed by atoms with van der Waals surface area (Å²) < 4.78 is 11.8. The lowest BCUT2D eigenvalue weighted by Gasteiger charge is -2.35. The predicted molar refractivity (Wildman–Crippen MR) is 145 cm³/mol. The van der Waals surface area contributed by atoms with Crippen molar-refractivity contribution in [2.45, 2.75) is 25.8 Å². The van der Waals surface area contributed by atoms with Crippen molar-refractivity contribution in [1.29, 1.82) is 0 Å². The first kappa shape index (κ1) is 26.5. The van der Waals surface area contributed by atoms with Gasteiger partial charge in [0.15, 0.2) is 0 Å². The second-order valence-corrected chi connectivity index (χ2v) is 9.17. The Labute approximate surface area is 219 Å². The summed E-state index contributed by atoms with van der Waals surface area (Å²) in [5.74, 6) is 2.66. The van der Waals surface area contributed by atoms with Crippen LogP contribution in [0.1, 0.15) is 24.8 Å². The summed E-state index contributed by atoms with van der Waals surface area (Å²) in [4.78, 5) is 28.4. The van der Waals surface area contributed by atoms with Gasteiger partial charge in [-0.05, 0) is 25.0 Å². The Morgan fingerprint density at radius 1 is 0.973 bits per heavy atom. The van der Waals surface area contributed by atoms with Gasteiger partial charge in [-0.3, -0.25) is 9.69 Å². The van der Waals surface area contributed by atoms with Crippen molar-refractivity contribution in [1.82, 2.24) is 19.8 Å². The highest BCUT2D eigenvalue weighted by Crippen LogP contribution is 2.34. The Morgan fingerprint density at radius 2 is 1.76 bits per heavy atom. The zero-order chi connectivity index (χ0) is 26.0. The van der Waals surface area contributed by atoms with Crippen molar-refractivity contribution in [3.05, 3.63) is 30.1 Å². The van der Waals surface area contributed by atoms with Crippen LogP contribution in [-0.4, -0.2) is 91.8 Å². The normalized spacial score (nSPS) is 18.9. The molecular weight excluding hydrogens is 470 g/mol. The first-order valence-electron chi connectivity index (χ1n) is 12.9. The highest BCUT2D eigenvalue weighted by Gasteiger charge is 2.24. The van der Waals surface area contributed by atoms with Crippen molar-refractivity contribution in [3.8, 4) is 18.6 Å². The lowest BCUT2D eigenvalue weighted by Crippen LogP contribution is -2.48. The molecular formula is C27H37N7O3. The third kappa shape index (κ3) is 6.61. The molecule has 37 heavy (non-hydrogen) atoms. The van der Waals surface area contributed by atoms with Crippen LogP contribution in [0.4, 0.5) is 23.0 Å². The van der Waals surface area contributed by atoms with E-state index in [0.717, 1.165) is 86.4 Å². The minimum absolute atomic E-state index is 0.242. The molecule has 5 heterocycles. The maximum Gasteiger partial charge on any atom is 0.222 e. The summed E-state index contributed by atoms with van der Waals surface area (Å²) in [6.07, 6.45) is 11.8. The summed E-state index contributed by atoms with van der Waals surface area (Å²) in [6, 6.07) is 6.24. The smallest absolute Gasteiger partial charge is 0.222 e. The van der Waals surface area contributed by atoms with Gasteiger partial charge in [0.2, 0.25) is 5.91 Å². The molecule has 0 radical (unpaired) electrons. The number of amides is 1. The van der Waals surface area contributed by atoms with Crippen LogP contribution in [-0.2, 0) is 16.1 Å². The molecule has 0 saturated carbocycles. The molecule has 0 aliphatic carbocycles. The van der Waals surface area contributed by atoms with E-state index >= 15 is 0 Å². The molecule has 1 aromatic carbocycles. The zero-order valence-corrected chi connectivity index (χ0v) is 21.6. The van der Waals surface area contributed by atoms with Crippen LogP contribution in [0.3, 0.4) is 0 Å². The lowest BCUT2D eigenvalue weighted by molar-refractivity contribution is -0.133. The number of ether oxygens (including phenoxy) is 2. The monoisotopic (exact) mass is 507 g/mol. The van der Waals surface area contributed by atoms with Gasteiger partial charge in [-0.25, -0.2) is 9.97 Å². The molecule has 0 spiro atoms. The van der Waals surface area contributed by atoms with Gasteiger partial charge in [-0.2, -0.15) is 0 Å². The molecule has 6 rings (SSSR count). The Morgan fingerprint density at radius 3 is 2.51 bits per heavy atom. The molecule has 198 valence electrons. The van der Waals surface area contributed by atoms with E-state index < -0.39 is 0 Å². The second-order valence-electron chi connectivity index (χ2n) is 9.17. The fourth-order valence-corrected chi connectivity index (χ4v) is 4.89. The minimum Gasteiger partial charge on any atom is -0.491 e. The number of nitrogens with zero attached hydrogens (tertiary/aromatic N) is 5. The Balaban J connectivity index is 0.00000156. The van der Waals surface area contributed by atoms with Crippen molar-refractivity contribution in [2.75, 3.05) is 81.7 Å². The van der Waals surface area contributed by atoms with Gasteiger partial charge in [0, 0.05) is 71.0 Å². The van der Waals surface area contributed by atoms with Crippen LogP contribution in [0.5, 0.6) is 5.75 Å². The molecule has 2 saturated heterocycles. The van der Waals surface area contributed by atoms with E-state index in [1.807, 2.05) is 11.9 Å². The molecule has 4 aliphatic rings. The number of rotatable bonds is 2. The fourth-order valence-electron chi connectivity index (χ4n) is 4.89. The van der Waals surface area contributed by atoms with E-state index in [0.29, 0.717) is 32.8 Å². The zero-order valence-electron chi connectivity index (χ0n) is 21.6. The number of benzene rings is 1. The Bertz CT molecular complexity index is 1060. The third-order valence-electron chi connectivity index (χ3n) is 6.91. The molecule has 4 aliphatic heterocycles. The topological polar surface area (TPSA) is 95.1 Å². The van der Waals surface area contributed by atoms with Crippen LogP contribution in [0.15, 0.2) is 24.5 Å². The number of carbonyl (C=O) groups is 1. The number of piperazine rings is 1. The first-order valence-corrected chi connectivity index (χ1v) is 12.9. The predicted octanol–water partition coefficient (Wildman–Crippen LogP) is 2.55. The standard InChI is InChI=1S/C25H35N7O3.C2H2/c1-26-24-20-17-30-7-9-32(10-8-30)23(33)4-2-3-13-35-22-16-19(29-25(20)28-18-27-24)5-6-21(22)31-11-14-34-15-12-31;1-2/h5-6,16,18H,2-4,7-15,17H2,1H3,(H2,26,27,28,29);1-2H. The average molecular weight is 508 g/mol. The van der Waals surface area contributed by atoms with Crippen molar-refractivity contribution in [2.24, 2.45) is 0 Å². The lowest BCUT2D eigenvalue weighted by atomic mass is 10.2. The number of hydrogen-bond acceptors (Lipinski definition) is 9. The van der Waals surface area contributed by atoms with Gasteiger partial charge >= 0.3 is 0 Å². The molecule has 4 bridgehead atoms. The van der Waals surface area contributed by atoms with Gasteiger partial charge in [0.05, 0.1) is 31.1 Å². The van der Waals surface area contributed by atoms with E-state index in [-0.39, 0.29) is 5.91 Å². The van der Waals surface area contributed by atoms with E-state index in [2.05, 4.69) is 61.4 Å². The van der Waals surface area contributed by atoms with Crippen LogP contribution < -0.4 is 20.3 Å². The summed E-state index contributed by atoms with van der Waals surface area (Å²) >= 11 is 0. The number of hydrogen-bond donors (Lipinski definition) is 2. The van der Waals surface area contributed by atoms with Crippen molar-refractivity contribution < 1.29 is 14.3 Å². The molecule has 0 atom stereocenters. The van der Waals surface area contributed by atoms with Crippen LogP contribution in [0, 0.1) is 12.8 Å². The maximum atomic E-state index is 12.7. The van der Waals surface area contributed by atoms with Gasteiger partial charge in [-0.1, -0.05) is 0 Å². The van der Waals surface area contributed by atoms with Crippen molar-refractivity contribution in [3.63, 3.8) is 0 Å². The van der Waals surface area contributed by atoms with E-state index in [9.17, 15) is 4.79 Å². The van der Waals surface area contributed by atoms with Gasteiger partial charge in [-0.15, -0.1) is 12.8 Å². The van der Waals surface area contributed by atoms with Gasteiger partial charge < -0.3 is 29.9 Å². The number of nitrogens with one attached hydrogen (secondary N) is 2. The third-order valence-corrected chi connectivity index (χ3v) is 6.91. The number of aromatic nitrogens is 2. The summed E-state index contributed by atoms with van der Waals surface area (Å²) in [6.45, 7) is 7.57. The highest BCUT2D eigenvalue weighted by molar-refractivity contribution is 5.76. The first-order chi connectivity index (χ1) is 18.2. The SMILES string of the molecule is C#C.CNc1ncnc2c1CN1CCN(CC1)C(=O)CCCCOc1cc(ccc1N1CCOCC1)N2. The van der Waals surface area contributed by atoms with Crippen molar-refractivity contribution >= 4 is 28.9 Å². The Hall–Kier alpha value is -3.55. The number of terminal acetylenes is 1. The average Bonchev–Trinajstić information content (AvgIpc) is 2.95. The molecule has 0 unspecified atom stereocenters. The van der Waals surface area contributed by atoms with E-state index in [1.54, 1.807) is 6.33 Å². The molecule has 2 N–H and O–H groups in total. The van der Waals surface area contributed by atoms with Crippen LogP contribution >= 0.6 is 0 Å². The number of fused-ring (bicyclic) bond motifs is 7.